The Morgan fingerprint density at radius 1 is 1.53 bits per heavy atom. The van der Waals surface area contributed by atoms with E-state index in [0.29, 0.717) is 6.04 Å². The Kier molecular flexibility index (Phi) is 3.79. The van der Waals surface area contributed by atoms with Gasteiger partial charge in [0, 0.05) is 42.9 Å². The average molecular weight is 281 g/mol. The number of rotatable bonds is 5. The molecule has 0 radical (unpaired) electrons. The molecular weight excluding hydrogens is 262 g/mol. The van der Waals surface area contributed by atoms with E-state index in [0.717, 1.165) is 24.6 Å². The maximum atomic E-state index is 10.9. The lowest BCUT2D eigenvalue weighted by atomic mass is 10.2. The largest absolute Gasteiger partial charge is 0.481 e. The molecule has 1 atom stereocenters. The van der Waals surface area contributed by atoms with E-state index < -0.39 is 5.97 Å². The van der Waals surface area contributed by atoms with E-state index in [1.165, 1.54) is 18.5 Å². The third-order valence-electron chi connectivity index (χ3n) is 3.81. The van der Waals surface area contributed by atoms with Crippen molar-refractivity contribution in [3.8, 4) is 0 Å². The zero-order valence-electron chi connectivity index (χ0n) is 10.9. The third kappa shape index (κ3) is 3.12. The molecule has 1 saturated carbocycles. The van der Waals surface area contributed by atoms with Gasteiger partial charge in [-0.2, -0.15) is 11.8 Å². The summed E-state index contributed by atoms with van der Waals surface area (Å²) in [5.74, 6) is 1.31. The molecule has 19 heavy (non-hydrogen) atoms. The van der Waals surface area contributed by atoms with E-state index in [-0.39, 0.29) is 12.5 Å². The van der Waals surface area contributed by atoms with Crippen molar-refractivity contribution in [3.05, 3.63) is 18.2 Å². The SMILES string of the molecule is O=C(O)CC1CSCCN1Cc1cncn1C1CC1. The molecule has 1 saturated heterocycles. The molecule has 5 nitrogen and oxygen atoms in total. The van der Waals surface area contributed by atoms with E-state index >= 15 is 0 Å². The number of aromatic nitrogens is 2. The predicted molar refractivity (Wildman–Crippen MR) is 74.3 cm³/mol. The van der Waals surface area contributed by atoms with Gasteiger partial charge in [-0.15, -0.1) is 0 Å². The minimum atomic E-state index is -0.701. The molecule has 2 fully saturated rings. The molecule has 0 aromatic carbocycles. The molecule has 3 rings (SSSR count). The fourth-order valence-corrected chi connectivity index (χ4v) is 3.76. The van der Waals surface area contributed by atoms with Gasteiger partial charge in [-0.25, -0.2) is 4.98 Å². The quantitative estimate of drug-likeness (QED) is 0.888. The lowest BCUT2D eigenvalue weighted by molar-refractivity contribution is -0.138. The van der Waals surface area contributed by atoms with Gasteiger partial charge >= 0.3 is 5.97 Å². The Labute approximate surface area is 117 Å². The maximum Gasteiger partial charge on any atom is 0.304 e. The number of imidazole rings is 1. The van der Waals surface area contributed by atoms with Crippen LogP contribution < -0.4 is 0 Å². The molecule has 1 N–H and O–H groups in total. The van der Waals surface area contributed by atoms with Crippen LogP contribution in [0.3, 0.4) is 0 Å². The first kappa shape index (κ1) is 13.0. The van der Waals surface area contributed by atoms with Crippen molar-refractivity contribution in [2.24, 2.45) is 0 Å². The molecule has 6 heteroatoms. The first-order chi connectivity index (χ1) is 9.24. The fourth-order valence-electron chi connectivity index (χ4n) is 2.63. The van der Waals surface area contributed by atoms with Crippen molar-refractivity contribution >= 4 is 17.7 Å². The van der Waals surface area contributed by atoms with Gasteiger partial charge in [0.15, 0.2) is 0 Å². The molecule has 1 aliphatic carbocycles. The van der Waals surface area contributed by atoms with E-state index in [9.17, 15) is 4.79 Å². The molecule has 1 aromatic heterocycles. The molecule has 0 amide bonds. The highest BCUT2D eigenvalue weighted by Crippen LogP contribution is 2.36. The highest BCUT2D eigenvalue weighted by molar-refractivity contribution is 7.99. The van der Waals surface area contributed by atoms with Gasteiger partial charge in [0.05, 0.1) is 18.4 Å². The topological polar surface area (TPSA) is 58.4 Å². The fraction of sp³-hybridized carbons (Fsp3) is 0.692. The summed E-state index contributed by atoms with van der Waals surface area (Å²) < 4.78 is 2.26. The second-order valence-corrected chi connectivity index (χ2v) is 6.47. The van der Waals surface area contributed by atoms with Gasteiger partial charge in [0.1, 0.15) is 0 Å². The molecule has 1 unspecified atom stereocenters. The summed E-state index contributed by atoms with van der Waals surface area (Å²) in [5.41, 5.74) is 1.23. The summed E-state index contributed by atoms with van der Waals surface area (Å²) in [6.07, 6.45) is 6.58. The molecular formula is C13H19N3O2S. The highest BCUT2D eigenvalue weighted by atomic mass is 32.2. The predicted octanol–water partition coefficient (Wildman–Crippen LogP) is 1.61. The average Bonchev–Trinajstić information content (AvgIpc) is 3.12. The van der Waals surface area contributed by atoms with Crippen molar-refractivity contribution in [2.45, 2.75) is 37.9 Å². The maximum absolute atomic E-state index is 10.9. The Hall–Kier alpha value is -1.01. The van der Waals surface area contributed by atoms with Crippen LogP contribution >= 0.6 is 11.8 Å². The van der Waals surface area contributed by atoms with Crippen molar-refractivity contribution in [2.75, 3.05) is 18.1 Å². The van der Waals surface area contributed by atoms with E-state index in [1.807, 2.05) is 24.3 Å². The van der Waals surface area contributed by atoms with Gasteiger partial charge in [-0.3, -0.25) is 9.69 Å². The van der Waals surface area contributed by atoms with Crippen LogP contribution in [-0.4, -0.2) is 49.6 Å². The molecule has 1 aliphatic heterocycles. The van der Waals surface area contributed by atoms with Gasteiger partial charge in [0.25, 0.3) is 0 Å². The summed E-state index contributed by atoms with van der Waals surface area (Å²) in [7, 11) is 0. The lowest BCUT2D eigenvalue weighted by Gasteiger charge is -2.34. The lowest BCUT2D eigenvalue weighted by Crippen LogP contribution is -2.43. The minimum absolute atomic E-state index is 0.152. The van der Waals surface area contributed by atoms with Gasteiger partial charge in [-0.05, 0) is 12.8 Å². The van der Waals surface area contributed by atoms with Crippen LogP contribution in [0.15, 0.2) is 12.5 Å². The summed E-state index contributed by atoms with van der Waals surface area (Å²) in [6.45, 7) is 1.80. The van der Waals surface area contributed by atoms with E-state index in [2.05, 4.69) is 14.5 Å². The number of thioether (sulfide) groups is 1. The monoisotopic (exact) mass is 281 g/mol. The van der Waals surface area contributed by atoms with Crippen molar-refractivity contribution in [3.63, 3.8) is 0 Å². The van der Waals surface area contributed by atoms with Crippen molar-refractivity contribution < 1.29 is 9.90 Å². The van der Waals surface area contributed by atoms with Crippen LogP contribution in [0.1, 0.15) is 31.0 Å². The summed E-state index contributed by atoms with van der Waals surface area (Å²) >= 11 is 1.86. The molecule has 0 bridgehead atoms. The second kappa shape index (κ2) is 5.54. The van der Waals surface area contributed by atoms with Gasteiger partial charge < -0.3 is 9.67 Å². The number of carboxylic acid groups (broad SMARTS) is 1. The van der Waals surface area contributed by atoms with Crippen LogP contribution in [0, 0.1) is 0 Å². The Morgan fingerprint density at radius 3 is 3.11 bits per heavy atom. The molecule has 2 aliphatic rings. The number of carbonyl (C=O) groups is 1. The molecule has 1 aromatic rings. The number of hydrogen-bond acceptors (Lipinski definition) is 4. The normalized spacial score (nSPS) is 24.5. The van der Waals surface area contributed by atoms with Crippen LogP contribution in [0.5, 0.6) is 0 Å². The standard InChI is InChI=1S/C13H19N3O2S/c17-13(18)5-11-8-19-4-3-15(11)7-12-6-14-9-16(12)10-1-2-10/h6,9-11H,1-5,7-8H2,(H,17,18). The number of hydrogen-bond donors (Lipinski definition) is 1. The van der Waals surface area contributed by atoms with E-state index in [4.69, 9.17) is 5.11 Å². The summed E-state index contributed by atoms with van der Waals surface area (Å²) in [6, 6.07) is 0.786. The van der Waals surface area contributed by atoms with Gasteiger partial charge in [-0.1, -0.05) is 0 Å². The highest BCUT2D eigenvalue weighted by Gasteiger charge is 2.29. The molecule has 2 heterocycles. The van der Waals surface area contributed by atoms with Crippen LogP contribution in [0.25, 0.3) is 0 Å². The van der Waals surface area contributed by atoms with Crippen LogP contribution in [0.4, 0.5) is 0 Å². The molecule has 0 spiro atoms. The van der Waals surface area contributed by atoms with Crippen molar-refractivity contribution in [1.82, 2.24) is 14.5 Å². The Bertz CT molecular complexity index is 458. The zero-order valence-corrected chi connectivity index (χ0v) is 11.7. The van der Waals surface area contributed by atoms with Crippen molar-refractivity contribution in [1.29, 1.82) is 0 Å². The summed E-state index contributed by atoms with van der Waals surface area (Å²) in [4.78, 5) is 17.5. The minimum Gasteiger partial charge on any atom is -0.481 e. The van der Waals surface area contributed by atoms with Gasteiger partial charge in [0.2, 0.25) is 0 Å². The summed E-state index contributed by atoms with van der Waals surface area (Å²) in [5, 5.41) is 9.01. The first-order valence-corrected chi connectivity index (χ1v) is 7.94. The first-order valence-electron chi connectivity index (χ1n) is 6.78. The van der Waals surface area contributed by atoms with Crippen LogP contribution in [-0.2, 0) is 11.3 Å². The zero-order chi connectivity index (χ0) is 13.2. The Balaban J connectivity index is 1.68. The Morgan fingerprint density at radius 2 is 2.37 bits per heavy atom. The number of aliphatic carboxylic acids is 1. The molecule has 104 valence electrons. The third-order valence-corrected chi connectivity index (χ3v) is 4.90. The number of carboxylic acids is 1. The van der Waals surface area contributed by atoms with E-state index in [1.54, 1.807) is 0 Å². The second-order valence-electron chi connectivity index (χ2n) is 5.32. The number of nitrogens with zero attached hydrogens (tertiary/aromatic N) is 3. The van der Waals surface area contributed by atoms with Crippen LogP contribution in [0.2, 0.25) is 0 Å². The smallest absolute Gasteiger partial charge is 0.304 e.